The van der Waals surface area contributed by atoms with E-state index in [9.17, 15) is 4.79 Å². The third-order valence-corrected chi connectivity index (χ3v) is 3.67. The van der Waals surface area contributed by atoms with Crippen molar-refractivity contribution in [3.05, 3.63) is 34.7 Å². The first-order valence-electron chi connectivity index (χ1n) is 6.38. The number of rotatable bonds is 2. The molecule has 0 atom stereocenters. The summed E-state index contributed by atoms with van der Waals surface area (Å²) in [6.07, 6.45) is 6.86. The Kier molecular flexibility index (Phi) is 2.39. The average Bonchev–Trinajstić information content (AvgIpc) is 3.11. The molecule has 17 heavy (non-hydrogen) atoms. The van der Waals surface area contributed by atoms with E-state index in [1.165, 1.54) is 18.4 Å². The van der Waals surface area contributed by atoms with E-state index < -0.39 is 0 Å². The van der Waals surface area contributed by atoms with Crippen LogP contribution in [0.25, 0.3) is 6.08 Å². The number of ketones is 1. The third-order valence-electron chi connectivity index (χ3n) is 3.67. The molecule has 0 bridgehead atoms. The Morgan fingerprint density at radius 3 is 2.76 bits per heavy atom. The minimum absolute atomic E-state index is 0.308. The Morgan fingerprint density at radius 2 is 2.12 bits per heavy atom. The summed E-state index contributed by atoms with van der Waals surface area (Å²) in [5.41, 5.74) is 4.35. The van der Waals surface area contributed by atoms with E-state index in [0.29, 0.717) is 24.0 Å². The van der Waals surface area contributed by atoms with E-state index in [-0.39, 0.29) is 0 Å². The molecule has 0 amide bonds. The van der Waals surface area contributed by atoms with Gasteiger partial charge in [0.2, 0.25) is 0 Å². The Bertz CT molecular complexity index is 510. The summed E-state index contributed by atoms with van der Waals surface area (Å²) in [6.45, 7) is 4.30. The molecule has 0 spiro atoms. The van der Waals surface area contributed by atoms with Crippen LogP contribution in [0.1, 0.15) is 49.4 Å². The van der Waals surface area contributed by atoms with Gasteiger partial charge in [0.25, 0.3) is 0 Å². The molecule has 0 unspecified atom stereocenters. The maximum absolute atomic E-state index is 12.0. The first kappa shape index (κ1) is 10.7. The monoisotopic (exact) mass is 227 g/mol. The Balaban J connectivity index is 2.01. The Labute approximate surface area is 102 Å². The van der Waals surface area contributed by atoms with Crippen molar-refractivity contribution in [2.24, 2.45) is 5.92 Å². The number of nitrogens with zero attached hydrogens (tertiary/aromatic N) is 1. The molecular weight excluding hydrogens is 210 g/mol. The van der Waals surface area contributed by atoms with Crippen LogP contribution in [0.2, 0.25) is 0 Å². The normalized spacial score (nSPS) is 19.2. The molecule has 1 fully saturated rings. The molecular formula is C15H17NO. The third kappa shape index (κ3) is 1.92. The molecule has 2 aliphatic rings. The van der Waals surface area contributed by atoms with Crippen molar-refractivity contribution in [1.29, 1.82) is 0 Å². The highest BCUT2D eigenvalue weighted by atomic mass is 16.1. The van der Waals surface area contributed by atoms with Crippen LogP contribution in [0.4, 0.5) is 0 Å². The van der Waals surface area contributed by atoms with Crippen LogP contribution in [0.3, 0.4) is 0 Å². The largest absolute Gasteiger partial charge is 0.294 e. The van der Waals surface area contributed by atoms with Crippen LogP contribution in [0.5, 0.6) is 0 Å². The number of carbonyl (C=O) groups excluding carboxylic acids is 1. The SMILES string of the molecule is CC(C)c1cnc2c(c1)CC(=O)C(C1CC1)=C2. The smallest absolute Gasteiger partial charge is 0.163 e. The van der Waals surface area contributed by atoms with Crippen LogP contribution < -0.4 is 0 Å². The maximum Gasteiger partial charge on any atom is 0.163 e. The fourth-order valence-electron chi connectivity index (χ4n) is 2.37. The zero-order chi connectivity index (χ0) is 12.0. The zero-order valence-corrected chi connectivity index (χ0v) is 10.4. The van der Waals surface area contributed by atoms with E-state index >= 15 is 0 Å². The molecule has 1 aromatic heterocycles. The maximum atomic E-state index is 12.0. The summed E-state index contributed by atoms with van der Waals surface area (Å²) < 4.78 is 0. The van der Waals surface area contributed by atoms with Crippen LogP contribution in [-0.2, 0) is 11.2 Å². The number of hydrogen-bond acceptors (Lipinski definition) is 2. The molecule has 1 heterocycles. The van der Waals surface area contributed by atoms with Gasteiger partial charge in [-0.3, -0.25) is 9.78 Å². The predicted molar refractivity (Wildman–Crippen MR) is 67.7 cm³/mol. The molecule has 3 rings (SSSR count). The first-order valence-corrected chi connectivity index (χ1v) is 6.38. The van der Waals surface area contributed by atoms with Crippen molar-refractivity contribution in [2.45, 2.75) is 39.0 Å². The summed E-state index contributed by atoms with van der Waals surface area (Å²) in [4.78, 5) is 16.5. The molecule has 88 valence electrons. The summed E-state index contributed by atoms with van der Waals surface area (Å²) in [6, 6.07) is 2.14. The molecule has 0 aliphatic heterocycles. The van der Waals surface area contributed by atoms with Crippen molar-refractivity contribution in [2.75, 3.05) is 0 Å². The minimum Gasteiger partial charge on any atom is -0.294 e. The lowest BCUT2D eigenvalue weighted by atomic mass is 9.90. The molecule has 1 aromatic rings. The number of hydrogen-bond donors (Lipinski definition) is 0. The number of carbonyl (C=O) groups is 1. The summed E-state index contributed by atoms with van der Waals surface area (Å²) >= 11 is 0. The van der Waals surface area contributed by atoms with E-state index in [4.69, 9.17) is 0 Å². The van der Waals surface area contributed by atoms with Gasteiger partial charge in [-0.15, -0.1) is 0 Å². The lowest BCUT2D eigenvalue weighted by Crippen LogP contribution is -2.15. The van der Waals surface area contributed by atoms with E-state index in [0.717, 1.165) is 16.8 Å². The fraction of sp³-hybridized carbons (Fsp3) is 0.467. The van der Waals surface area contributed by atoms with E-state index in [1.807, 2.05) is 12.3 Å². The number of fused-ring (bicyclic) bond motifs is 1. The average molecular weight is 227 g/mol. The number of pyridine rings is 1. The van der Waals surface area contributed by atoms with E-state index in [2.05, 4.69) is 24.9 Å². The highest BCUT2D eigenvalue weighted by Crippen LogP contribution is 2.40. The van der Waals surface area contributed by atoms with Gasteiger partial charge in [-0.05, 0) is 41.9 Å². The second-order valence-electron chi connectivity index (χ2n) is 5.44. The number of Topliss-reactive ketones (excluding diaryl/α,β-unsaturated/α-hetero) is 1. The fourth-order valence-corrected chi connectivity index (χ4v) is 2.37. The van der Waals surface area contributed by atoms with Gasteiger partial charge in [0.15, 0.2) is 5.78 Å². The van der Waals surface area contributed by atoms with Crippen molar-refractivity contribution < 1.29 is 4.79 Å². The zero-order valence-electron chi connectivity index (χ0n) is 10.4. The van der Waals surface area contributed by atoms with Gasteiger partial charge in [-0.1, -0.05) is 19.9 Å². The van der Waals surface area contributed by atoms with E-state index in [1.54, 1.807) is 0 Å². The lowest BCUT2D eigenvalue weighted by molar-refractivity contribution is -0.115. The predicted octanol–water partition coefficient (Wildman–Crippen LogP) is 3.12. The van der Waals surface area contributed by atoms with Crippen molar-refractivity contribution in [3.63, 3.8) is 0 Å². The van der Waals surface area contributed by atoms with Crippen LogP contribution in [-0.4, -0.2) is 10.8 Å². The van der Waals surface area contributed by atoms with Gasteiger partial charge in [-0.2, -0.15) is 0 Å². The van der Waals surface area contributed by atoms with Gasteiger partial charge in [0, 0.05) is 18.2 Å². The van der Waals surface area contributed by atoms with Crippen molar-refractivity contribution in [3.8, 4) is 0 Å². The van der Waals surface area contributed by atoms with Crippen LogP contribution in [0, 0.1) is 5.92 Å². The quantitative estimate of drug-likeness (QED) is 0.777. The molecule has 0 N–H and O–H groups in total. The first-order chi connectivity index (χ1) is 8.15. The minimum atomic E-state index is 0.308. The summed E-state index contributed by atoms with van der Waals surface area (Å²) in [7, 11) is 0. The number of aromatic nitrogens is 1. The molecule has 1 saturated carbocycles. The van der Waals surface area contributed by atoms with Crippen LogP contribution >= 0.6 is 0 Å². The Hall–Kier alpha value is -1.44. The topological polar surface area (TPSA) is 30.0 Å². The van der Waals surface area contributed by atoms with Gasteiger partial charge < -0.3 is 0 Å². The summed E-state index contributed by atoms with van der Waals surface area (Å²) in [5.74, 6) is 1.31. The standard InChI is InChI=1S/C15H17NO/c1-9(2)12-5-11-6-15(17)13(10-3-4-10)7-14(11)16-8-12/h5,7-10H,3-4,6H2,1-2H3. The Morgan fingerprint density at radius 1 is 1.35 bits per heavy atom. The summed E-state index contributed by atoms with van der Waals surface area (Å²) in [5, 5.41) is 0. The highest BCUT2D eigenvalue weighted by Gasteiger charge is 2.32. The van der Waals surface area contributed by atoms with Crippen molar-refractivity contribution >= 4 is 11.9 Å². The number of allylic oxidation sites excluding steroid dienone is 1. The van der Waals surface area contributed by atoms with Gasteiger partial charge in [-0.25, -0.2) is 0 Å². The molecule has 2 aliphatic carbocycles. The molecule has 0 saturated heterocycles. The van der Waals surface area contributed by atoms with Gasteiger partial charge >= 0.3 is 0 Å². The molecule has 0 aromatic carbocycles. The molecule has 2 heteroatoms. The highest BCUT2D eigenvalue weighted by molar-refractivity contribution is 6.04. The molecule has 2 nitrogen and oxygen atoms in total. The van der Waals surface area contributed by atoms with Gasteiger partial charge in [0.05, 0.1) is 5.69 Å². The second-order valence-corrected chi connectivity index (χ2v) is 5.44. The second kappa shape index (κ2) is 3.80. The van der Waals surface area contributed by atoms with Gasteiger partial charge in [0.1, 0.15) is 0 Å². The van der Waals surface area contributed by atoms with Crippen molar-refractivity contribution in [1.82, 2.24) is 4.98 Å². The lowest BCUT2D eigenvalue weighted by Gasteiger charge is -2.16. The molecule has 0 radical (unpaired) electrons. The van der Waals surface area contributed by atoms with Crippen LogP contribution in [0.15, 0.2) is 17.8 Å².